The van der Waals surface area contributed by atoms with E-state index in [2.05, 4.69) is 4.98 Å². The quantitative estimate of drug-likeness (QED) is 0.805. The molecule has 25 heavy (non-hydrogen) atoms. The minimum Gasteiger partial charge on any atom is -0.305 e. The second-order valence-corrected chi connectivity index (χ2v) is 7.32. The van der Waals surface area contributed by atoms with Crippen molar-refractivity contribution in [2.45, 2.75) is 58.4 Å². The number of carbonyl (C=O) groups is 1. The van der Waals surface area contributed by atoms with E-state index in [0.717, 1.165) is 36.1 Å². The number of hydrogen-bond acceptors (Lipinski definition) is 3. The third-order valence-corrected chi connectivity index (χ3v) is 5.15. The number of aromatic nitrogens is 2. The van der Waals surface area contributed by atoms with Crippen molar-refractivity contribution in [2.24, 2.45) is 5.92 Å². The fraction of sp³-hybridized carbons (Fsp3) is 0.476. The number of Topliss-reactive ketones (excluding diaryl/α,β-unsaturated/α-hetero) is 1. The molecule has 0 saturated heterocycles. The number of hydrogen-bond donors (Lipinski definition) is 0. The van der Waals surface area contributed by atoms with Gasteiger partial charge in [0, 0.05) is 24.2 Å². The van der Waals surface area contributed by atoms with Crippen LogP contribution in [0, 0.1) is 19.8 Å². The predicted molar refractivity (Wildman–Crippen MR) is 98.7 cm³/mol. The summed E-state index contributed by atoms with van der Waals surface area (Å²) in [6, 6.07) is 6.85. The van der Waals surface area contributed by atoms with Crippen molar-refractivity contribution in [3.63, 3.8) is 0 Å². The molecule has 0 spiro atoms. The number of aryl methyl sites for hydroxylation is 2. The third kappa shape index (κ3) is 4.44. The lowest BCUT2D eigenvalue weighted by Crippen LogP contribution is -2.31. The van der Waals surface area contributed by atoms with Gasteiger partial charge in [-0.1, -0.05) is 37.8 Å². The lowest BCUT2D eigenvalue weighted by molar-refractivity contribution is -0.122. The lowest BCUT2D eigenvalue weighted by atomic mass is 9.93. The molecule has 2 heterocycles. The first kappa shape index (κ1) is 17.6. The highest BCUT2D eigenvalue weighted by atomic mass is 16.1. The van der Waals surface area contributed by atoms with Gasteiger partial charge < -0.3 is 4.57 Å². The Labute approximate surface area is 148 Å². The molecule has 4 heteroatoms. The van der Waals surface area contributed by atoms with Gasteiger partial charge in [-0.3, -0.25) is 14.6 Å². The SMILES string of the molecule is Cc1ccc(CC(=O)[C@H](CC2CCCC2)n2cc(C)ccc2=O)nc1. The summed E-state index contributed by atoms with van der Waals surface area (Å²) in [5.74, 6) is 0.614. The molecule has 0 N–H and O–H groups in total. The first-order chi connectivity index (χ1) is 12.0. The molecule has 1 atom stereocenters. The third-order valence-electron chi connectivity index (χ3n) is 5.15. The summed E-state index contributed by atoms with van der Waals surface area (Å²) in [4.78, 5) is 29.8. The van der Waals surface area contributed by atoms with Crippen molar-refractivity contribution >= 4 is 5.78 Å². The largest absolute Gasteiger partial charge is 0.305 e. The van der Waals surface area contributed by atoms with E-state index in [1.54, 1.807) is 22.9 Å². The van der Waals surface area contributed by atoms with E-state index in [1.165, 1.54) is 12.8 Å². The van der Waals surface area contributed by atoms with Crippen molar-refractivity contribution in [3.8, 4) is 0 Å². The number of nitrogens with zero attached hydrogens (tertiary/aromatic N) is 2. The van der Waals surface area contributed by atoms with Crippen LogP contribution in [-0.2, 0) is 11.2 Å². The van der Waals surface area contributed by atoms with Gasteiger partial charge in [-0.05, 0) is 43.4 Å². The molecule has 2 aromatic rings. The summed E-state index contributed by atoms with van der Waals surface area (Å²) in [5.41, 5.74) is 2.75. The van der Waals surface area contributed by atoms with Crippen molar-refractivity contribution in [3.05, 3.63) is 63.8 Å². The van der Waals surface area contributed by atoms with Crippen molar-refractivity contribution in [2.75, 3.05) is 0 Å². The molecular weight excluding hydrogens is 312 g/mol. The van der Waals surface area contributed by atoms with E-state index in [4.69, 9.17) is 0 Å². The van der Waals surface area contributed by atoms with Gasteiger partial charge in [0.25, 0.3) is 5.56 Å². The second-order valence-electron chi connectivity index (χ2n) is 7.32. The number of ketones is 1. The van der Waals surface area contributed by atoms with E-state index in [9.17, 15) is 9.59 Å². The van der Waals surface area contributed by atoms with Crippen LogP contribution in [0.15, 0.2) is 41.5 Å². The van der Waals surface area contributed by atoms with Gasteiger partial charge >= 0.3 is 0 Å². The van der Waals surface area contributed by atoms with E-state index in [0.29, 0.717) is 5.92 Å². The fourth-order valence-electron chi connectivity index (χ4n) is 3.72. The standard InChI is InChI=1S/C21H26N2O2/c1-15-7-9-18(22-13-15)12-20(24)19(11-17-5-3-4-6-17)23-14-16(2)8-10-21(23)25/h7-10,13-14,17,19H,3-6,11-12H2,1-2H3/t19-/m0/s1. The maximum Gasteiger partial charge on any atom is 0.251 e. The average Bonchev–Trinajstić information content (AvgIpc) is 3.10. The fourth-order valence-corrected chi connectivity index (χ4v) is 3.72. The zero-order valence-corrected chi connectivity index (χ0v) is 15.1. The van der Waals surface area contributed by atoms with Gasteiger partial charge in [-0.2, -0.15) is 0 Å². The second kappa shape index (κ2) is 7.77. The molecule has 1 aliphatic carbocycles. The van der Waals surface area contributed by atoms with Gasteiger partial charge in [-0.15, -0.1) is 0 Å². The highest BCUT2D eigenvalue weighted by Gasteiger charge is 2.27. The van der Waals surface area contributed by atoms with Crippen LogP contribution >= 0.6 is 0 Å². The predicted octanol–water partition coefficient (Wildman–Crippen LogP) is 3.79. The highest BCUT2D eigenvalue weighted by molar-refractivity contribution is 5.84. The smallest absolute Gasteiger partial charge is 0.251 e. The molecule has 0 unspecified atom stereocenters. The van der Waals surface area contributed by atoms with Gasteiger partial charge in [0.15, 0.2) is 5.78 Å². The average molecular weight is 338 g/mol. The van der Waals surface area contributed by atoms with Crippen molar-refractivity contribution in [1.29, 1.82) is 0 Å². The normalized spacial score (nSPS) is 16.1. The molecule has 0 amide bonds. The van der Waals surface area contributed by atoms with Gasteiger partial charge in [0.2, 0.25) is 0 Å². The topological polar surface area (TPSA) is 52.0 Å². The Kier molecular flexibility index (Phi) is 5.47. The molecule has 1 saturated carbocycles. The minimum absolute atomic E-state index is 0.0796. The lowest BCUT2D eigenvalue weighted by Gasteiger charge is -2.22. The number of pyridine rings is 2. The van der Waals surface area contributed by atoms with Crippen LogP contribution < -0.4 is 5.56 Å². The minimum atomic E-state index is -0.390. The Morgan fingerprint density at radius 2 is 1.88 bits per heavy atom. The number of rotatable bonds is 6. The summed E-state index contributed by atoms with van der Waals surface area (Å²) in [7, 11) is 0. The van der Waals surface area contributed by atoms with E-state index >= 15 is 0 Å². The highest BCUT2D eigenvalue weighted by Crippen LogP contribution is 2.32. The summed E-state index contributed by atoms with van der Waals surface area (Å²) in [6.07, 6.45) is 9.42. The van der Waals surface area contributed by atoms with E-state index in [1.807, 2.05) is 32.2 Å². The van der Waals surface area contributed by atoms with Crippen LogP contribution in [0.4, 0.5) is 0 Å². The molecule has 0 aromatic carbocycles. The van der Waals surface area contributed by atoms with Crippen LogP contribution in [0.1, 0.15) is 55.0 Å². The molecule has 4 nitrogen and oxygen atoms in total. The first-order valence-corrected chi connectivity index (χ1v) is 9.16. The molecule has 0 aliphatic heterocycles. The van der Waals surface area contributed by atoms with Crippen LogP contribution in [0.25, 0.3) is 0 Å². The molecule has 1 aliphatic rings. The van der Waals surface area contributed by atoms with Crippen molar-refractivity contribution < 1.29 is 4.79 Å². The van der Waals surface area contributed by atoms with Crippen LogP contribution in [0.3, 0.4) is 0 Å². The molecule has 132 valence electrons. The Hall–Kier alpha value is -2.23. The zero-order valence-electron chi connectivity index (χ0n) is 15.1. The summed E-state index contributed by atoms with van der Waals surface area (Å²) in [6.45, 7) is 3.93. The summed E-state index contributed by atoms with van der Waals surface area (Å²) < 4.78 is 1.64. The number of carbonyl (C=O) groups excluding carboxylic acids is 1. The van der Waals surface area contributed by atoms with Gasteiger partial charge in [0.05, 0.1) is 12.5 Å². The molecule has 0 radical (unpaired) electrons. The molecule has 0 bridgehead atoms. The Morgan fingerprint density at radius 1 is 1.16 bits per heavy atom. The zero-order chi connectivity index (χ0) is 17.8. The van der Waals surface area contributed by atoms with Crippen LogP contribution in [0.2, 0.25) is 0 Å². The molecule has 3 rings (SSSR count). The molecular formula is C21H26N2O2. The Morgan fingerprint density at radius 3 is 2.56 bits per heavy atom. The maximum atomic E-state index is 13.0. The monoisotopic (exact) mass is 338 g/mol. The molecule has 1 fully saturated rings. The summed E-state index contributed by atoms with van der Waals surface area (Å²) in [5, 5.41) is 0. The Balaban J connectivity index is 1.86. The maximum absolute atomic E-state index is 13.0. The summed E-state index contributed by atoms with van der Waals surface area (Å²) >= 11 is 0. The van der Waals surface area contributed by atoms with Crippen molar-refractivity contribution in [1.82, 2.24) is 9.55 Å². The van der Waals surface area contributed by atoms with Gasteiger partial charge in [0.1, 0.15) is 0 Å². The first-order valence-electron chi connectivity index (χ1n) is 9.16. The van der Waals surface area contributed by atoms with E-state index < -0.39 is 6.04 Å². The Bertz CT molecular complexity index is 786. The van der Waals surface area contributed by atoms with Gasteiger partial charge in [-0.25, -0.2) is 0 Å². The molecule has 2 aromatic heterocycles. The van der Waals surface area contributed by atoms with Crippen LogP contribution in [0.5, 0.6) is 0 Å². The van der Waals surface area contributed by atoms with Crippen LogP contribution in [-0.4, -0.2) is 15.3 Å². The van der Waals surface area contributed by atoms with E-state index in [-0.39, 0.29) is 17.8 Å².